The zero-order valence-electron chi connectivity index (χ0n) is 18.9. The highest BCUT2D eigenvalue weighted by Gasteiger charge is 2.33. The van der Waals surface area contributed by atoms with Crippen LogP contribution in [0.3, 0.4) is 0 Å². The molecule has 0 spiro atoms. The van der Waals surface area contributed by atoms with Crippen LogP contribution in [0.5, 0.6) is 5.75 Å². The van der Waals surface area contributed by atoms with E-state index >= 15 is 0 Å². The lowest BCUT2D eigenvalue weighted by Crippen LogP contribution is -2.24. The van der Waals surface area contributed by atoms with Gasteiger partial charge in [0, 0.05) is 17.5 Å². The molecule has 0 radical (unpaired) electrons. The molecule has 162 valence electrons. The fraction of sp³-hybridized carbons (Fsp3) is 0.464. The van der Waals surface area contributed by atoms with Crippen molar-refractivity contribution in [3.8, 4) is 5.75 Å². The topological polar surface area (TPSA) is 46.5 Å². The van der Waals surface area contributed by atoms with Gasteiger partial charge in [0.1, 0.15) is 5.75 Å². The third-order valence-electron chi connectivity index (χ3n) is 7.06. The zero-order valence-corrected chi connectivity index (χ0v) is 18.9. The quantitative estimate of drug-likeness (QED) is 0.595. The number of carbonyl (C=O) groups excluding carboxylic acids is 1. The lowest BCUT2D eigenvalue weighted by atomic mass is 9.76. The van der Waals surface area contributed by atoms with E-state index in [0.29, 0.717) is 24.7 Å². The Morgan fingerprint density at radius 2 is 1.90 bits per heavy atom. The summed E-state index contributed by atoms with van der Waals surface area (Å²) in [4.78, 5) is 13.5. The summed E-state index contributed by atoms with van der Waals surface area (Å²) in [7, 11) is 0. The van der Waals surface area contributed by atoms with E-state index < -0.39 is 0 Å². The van der Waals surface area contributed by atoms with Crippen molar-refractivity contribution in [2.75, 3.05) is 6.61 Å². The molecule has 1 N–H and O–H groups in total. The summed E-state index contributed by atoms with van der Waals surface area (Å²) >= 11 is 0. The molecule has 0 aliphatic heterocycles. The zero-order chi connectivity index (χ0) is 21.8. The molecule has 3 nitrogen and oxygen atoms in total. The molecule has 0 atom stereocenters. The Balaban J connectivity index is 1.72. The van der Waals surface area contributed by atoms with Crippen LogP contribution in [-0.2, 0) is 11.2 Å². The average Bonchev–Trinajstić information content (AvgIpc) is 3.26. The maximum atomic E-state index is 13.5. The summed E-state index contributed by atoms with van der Waals surface area (Å²) in [5.74, 6) is 0.962. The number of allylic oxidation sites excluding steroid dienone is 2. The Hall–Kier alpha value is -2.39. The van der Waals surface area contributed by atoms with Gasteiger partial charge in [-0.1, -0.05) is 37.1 Å². The Bertz CT molecular complexity index is 1120. The Morgan fingerprint density at radius 3 is 2.65 bits per heavy atom. The number of rotatable bonds is 3. The molecule has 0 unspecified atom stereocenters. The number of phenols is 1. The number of fused-ring (bicyclic) bond motifs is 5. The lowest BCUT2D eigenvalue weighted by Gasteiger charge is -2.30. The number of carbonyl (C=O) groups is 1. The first-order chi connectivity index (χ1) is 14.8. The van der Waals surface area contributed by atoms with Gasteiger partial charge in [-0.05, 0) is 91.5 Å². The first-order valence-corrected chi connectivity index (χ1v) is 11.7. The van der Waals surface area contributed by atoms with Crippen molar-refractivity contribution in [1.82, 2.24) is 0 Å². The van der Waals surface area contributed by atoms with Gasteiger partial charge in [0.25, 0.3) is 0 Å². The predicted octanol–water partition coefficient (Wildman–Crippen LogP) is 6.85. The molecule has 3 heteroatoms. The number of benzene rings is 2. The van der Waals surface area contributed by atoms with Crippen LogP contribution in [0.1, 0.15) is 86.3 Å². The minimum absolute atomic E-state index is 0.147. The summed E-state index contributed by atoms with van der Waals surface area (Å²) in [5, 5.41) is 12.7. The van der Waals surface area contributed by atoms with Gasteiger partial charge in [-0.15, -0.1) is 0 Å². The Kier molecular flexibility index (Phi) is 5.05. The molecule has 5 rings (SSSR count). The van der Waals surface area contributed by atoms with Crippen LogP contribution in [-0.4, -0.2) is 23.1 Å². The van der Waals surface area contributed by atoms with Gasteiger partial charge in [-0.25, -0.2) is 0 Å². The van der Waals surface area contributed by atoms with Crippen molar-refractivity contribution >= 4 is 28.2 Å². The standard InChI is InChI=1S/C28H32O3/c1-28(2,3)31-16-18-14-25(30)27-22(26(18)17-8-4-5-9-17)13-12-20-19-10-6-7-11-21(19)24(29)15-23(20)27/h6,10,12-13,15,17,29H,4-5,7-9,11,14,16H2,1-3H3. The predicted molar refractivity (Wildman–Crippen MR) is 126 cm³/mol. The van der Waals surface area contributed by atoms with E-state index in [4.69, 9.17) is 4.74 Å². The second-order valence-corrected chi connectivity index (χ2v) is 10.3. The maximum absolute atomic E-state index is 13.5. The van der Waals surface area contributed by atoms with E-state index in [0.717, 1.165) is 51.4 Å². The molecule has 2 aromatic rings. The Labute approximate surface area is 184 Å². The van der Waals surface area contributed by atoms with Crippen molar-refractivity contribution in [3.05, 3.63) is 52.1 Å². The normalized spacial score (nSPS) is 19.3. The van der Waals surface area contributed by atoms with Gasteiger partial charge in [0.15, 0.2) is 5.78 Å². The van der Waals surface area contributed by atoms with Gasteiger partial charge in [-0.2, -0.15) is 0 Å². The molecule has 0 aromatic heterocycles. The molecule has 1 fully saturated rings. The summed E-state index contributed by atoms with van der Waals surface area (Å²) in [6, 6.07) is 6.17. The summed E-state index contributed by atoms with van der Waals surface area (Å²) in [6.07, 6.45) is 11.3. The Morgan fingerprint density at radius 1 is 1.13 bits per heavy atom. The molecule has 0 amide bonds. The van der Waals surface area contributed by atoms with Gasteiger partial charge in [0.05, 0.1) is 12.2 Å². The van der Waals surface area contributed by atoms with Crippen molar-refractivity contribution in [3.63, 3.8) is 0 Å². The van der Waals surface area contributed by atoms with Gasteiger partial charge >= 0.3 is 0 Å². The lowest BCUT2D eigenvalue weighted by molar-refractivity contribution is 0.0101. The molecule has 0 bridgehead atoms. The first-order valence-electron chi connectivity index (χ1n) is 11.7. The fourth-order valence-electron chi connectivity index (χ4n) is 5.66. The van der Waals surface area contributed by atoms with E-state index in [1.54, 1.807) is 0 Å². The highest BCUT2D eigenvalue weighted by atomic mass is 16.5. The van der Waals surface area contributed by atoms with Crippen LogP contribution in [0.15, 0.2) is 29.8 Å². The highest BCUT2D eigenvalue weighted by molar-refractivity contribution is 6.16. The number of phenolic OH excluding ortho intramolecular Hbond substituents is 1. The first kappa shape index (κ1) is 20.5. The van der Waals surface area contributed by atoms with Crippen molar-refractivity contribution in [2.24, 2.45) is 5.92 Å². The van der Waals surface area contributed by atoms with E-state index in [9.17, 15) is 9.90 Å². The van der Waals surface area contributed by atoms with Gasteiger partial charge in [-0.3, -0.25) is 4.79 Å². The summed E-state index contributed by atoms with van der Waals surface area (Å²) < 4.78 is 6.14. The number of ether oxygens (including phenoxy) is 1. The largest absolute Gasteiger partial charge is 0.508 e. The van der Waals surface area contributed by atoms with E-state index in [2.05, 4.69) is 45.1 Å². The number of hydrogen-bond donors (Lipinski definition) is 1. The monoisotopic (exact) mass is 416 g/mol. The smallest absolute Gasteiger partial charge is 0.168 e. The second-order valence-electron chi connectivity index (χ2n) is 10.3. The number of aromatic hydroxyl groups is 1. The third-order valence-corrected chi connectivity index (χ3v) is 7.06. The van der Waals surface area contributed by atoms with Crippen molar-refractivity contribution < 1.29 is 14.6 Å². The van der Waals surface area contributed by atoms with Crippen LogP contribution >= 0.6 is 0 Å². The van der Waals surface area contributed by atoms with E-state index in [-0.39, 0.29) is 11.4 Å². The van der Waals surface area contributed by atoms with Crippen molar-refractivity contribution in [1.29, 1.82) is 0 Å². The maximum Gasteiger partial charge on any atom is 0.168 e. The minimum atomic E-state index is -0.238. The fourth-order valence-corrected chi connectivity index (χ4v) is 5.66. The molecule has 2 aromatic carbocycles. The SMILES string of the molecule is CC(C)(C)OCC1=C(C2CCCC2)c2ccc3c4c(c(O)cc3c2C(=O)C1)CCC=C4. The van der Waals surface area contributed by atoms with Crippen LogP contribution in [0.2, 0.25) is 0 Å². The molecular weight excluding hydrogens is 384 g/mol. The average molecular weight is 417 g/mol. The molecule has 1 saturated carbocycles. The van der Waals surface area contributed by atoms with Crippen LogP contribution in [0, 0.1) is 5.92 Å². The van der Waals surface area contributed by atoms with Crippen LogP contribution < -0.4 is 0 Å². The summed E-state index contributed by atoms with van der Waals surface area (Å²) in [5.41, 5.74) is 6.21. The van der Waals surface area contributed by atoms with E-state index in [1.807, 2.05) is 6.07 Å². The summed E-state index contributed by atoms with van der Waals surface area (Å²) in [6.45, 7) is 6.70. The molecule has 0 heterocycles. The number of Topliss-reactive ketones (excluding diaryl/α,β-unsaturated/α-hetero) is 1. The molecule has 31 heavy (non-hydrogen) atoms. The van der Waals surface area contributed by atoms with Crippen molar-refractivity contribution in [2.45, 2.75) is 71.3 Å². The molecule has 0 saturated heterocycles. The molecule has 3 aliphatic rings. The minimum Gasteiger partial charge on any atom is -0.508 e. The van der Waals surface area contributed by atoms with E-state index in [1.165, 1.54) is 31.3 Å². The van der Waals surface area contributed by atoms with Crippen LogP contribution in [0.25, 0.3) is 22.4 Å². The van der Waals surface area contributed by atoms with Gasteiger partial charge < -0.3 is 9.84 Å². The number of hydrogen-bond acceptors (Lipinski definition) is 3. The van der Waals surface area contributed by atoms with Crippen LogP contribution in [0.4, 0.5) is 0 Å². The third kappa shape index (κ3) is 3.63. The highest BCUT2D eigenvalue weighted by Crippen LogP contribution is 2.46. The van der Waals surface area contributed by atoms with Gasteiger partial charge in [0.2, 0.25) is 0 Å². The second kappa shape index (κ2) is 7.63. The number of ketones is 1. The molecule has 3 aliphatic carbocycles. The molecular formula is C28H32O3.